The Balaban J connectivity index is 1.89. The van der Waals surface area contributed by atoms with E-state index in [0.717, 1.165) is 29.5 Å². The van der Waals surface area contributed by atoms with Crippen LogP contribution in [0.5, 0.6) is 0 Å². The van der Waals surface area contributed by atoms with Crippen molar-refractivity contribution in [3.63, 3.8) is 0 Å². The first-order valence-electron chi connectivity index (χ1n) is 8.99. The average molecular weight is 381 g/mol. The van der Waals surface area contributed by atoms with Crippen LogP contribution in [0, 0.1) is 0 Å². The highest BCUT2D eigenvalue weighted by Gasteiger charge is 2.26. The summed E-state index contributed by atoms with van der Waals surface area (Å²) >= 11 is 1.46. The molecule has 0 saturated carbocycles. The number of aromatic nitrogens is 3. The Kier molecular flexibility index (Phi) is 6.29. The summed E-state index contributed by atoms with van der Waals surface area (Å²) in [5.74, 6) is 0.955. The lowest BCUT2D eigenvalue weighted by Crippen LogP contribution is -2.27. The summed E-state index contributed by atoms with van der Waals surface area (Å²) in [7, 11) is 3.56. The van der Waals surface area contributed by atoms with E-state index in [4.69, 9.17) is 0 Å². The molecule has 3 rings (SSSR count). The molecule has 1 atom stereocenters. The van der Waals surface area contributed by atoms with Crippen LogP contribution in [0.4, 0.5) is 0 Å². The van der Waals surface area contributed by atoms with Crippen molar-refractivity contribution in [3.05, 3.63) is 77.6 Å². The van der Waals surface area contributed by atoms with E-state index >= 15 is 0 Å². The van der Waals surface area contributed by atoms with Crippen molar-refractivity contribution in [1.29, 1.82) is 0 Å². The second kappa shape index (κ2) is 8.86. The molecule has 140 valence electrons. The maximum Gasteiger partial charge on any atom is 0.240 e. The van der Waals surface area contributed by atoms with Crippen molar-refractivity contribution in [2.45, 2.75) is 30.3 Å². The first-order chi connectivity index (χ1) is 13.1. The van der Waals surface area contributed by atoms with Crippen LogP contribution in [0.1, 0.15) is 29.1 Å². The number of carbonyl (C=O) groups is 1. The fourth-order valence-electron chi connectivity index (χ4n) is 2.86. The van der Waals surface area contributed by atoms with Gasteiger partial charge in [0.2, 0.25) is 5.91 Å². The molecule has 1 unspecified atom stereocenters. The van der Waals surface area contributed by atoms with Gasteiger partial charge in [0.25, 0.3) is 0 Å². The number of carbonyl (C=O) groups excluding carboxylic acids is 1. The first-order valence-corrected chi connectivity index (χ1v) is 9.87. The second-order valence-electron chi connectivity index (χ2n) is 6.45. The number of amides is 1. The maximum atomic E-state index is 12.8. The molecule has 0 aliphatic heterocycles. The van der Waals surface area contributed by atoms with Gasteiger partial charge in [0, 0.05) is 27.1 Å². The van der Waals surface area contributed by atoms with E-state index in [1.165, 1.54) is 17.3 Å². The van der Waals surface area contributed by atoms with Crippen LogP contribution < -0.4 is 0 Å². The molecular weight excluding hydrogens is 356 g/mol. The number of likely N-dealkylation sites (N-methyl/N-ethyl adjacent to an activating group) is 1. The van der Waals surface area contributed by atoms with Gasteiger partial charge in [-0.15, -0.1) is 10.2 Å². The van der Waals surface area contributed by atoms with Gasteiger partial charge < -0.3 is 9.47 Å². The Morgan fingerprint density at radius 2 is 1.67 bits per heavy atom. The predicted molar refractivity (Wildman–Crippen MR) is 109 cm³/mol. The molecule has 0 aliphatic rings. The minimum atomic E-state index is -0.347. The number of rotatable bonds is 7. The third kappa shape index (κ3) is 4.57. The number of hydrogen-bond acceptors (Lipinski definition) is 4. The van der Waals surface area contributed by atoms with Crippen LogP contribution in [-0.2, 0) is 17.8 Å². The molecule has 0 spiro atoms. The van der Waals surface area contributed by atoms with Gasteiger partial charge in [-0.3, -0.25) is 4.79 Å². The Bertz CT molecular complexity index is 878. The molecule has 0 bridgehead atoms. The second-order valence-corrected chi connectivity index (χ2v) is 7.52. The first kappa shape index (κ1) is 19.2. The monoisotopic (exact) mass is 380 g/mol. The highest BCUT2D eigenvalue weighted by atomic mass is 32.2. The zero-order valence-electron chi connectivity index (χ0n) is 15.9. The average Bonchev–Trinajstić information content (AvgIpc) is 3.08. The number of thioether (sulfide) groups is 1. The van der Waals surface area contributed by atoms with Gasteiger partial charge in [-0.2, -0.15) is 0 Å². The van der Waals surface area contributed by atoms with Crippen LogP contribution in [0.3, 0.4) is 0 Å². The third-order valence-corrected chi connectivity index (χ3v) is 5.53. The highest BCUT2D eigenvalue weighted by Crippen LogP contribution is 2.36. The Hall–Kier alpha value is -2.60. The molecule has 1 amide bonds. The minimum Gasteiger partial charge on any atom is -0.348 e. The van der Waals surface area contributed by atoms with E-state index in [2.05, 4.69) is 33.8 Å². The molecule has 0 radical (unpaired) electrons. The topological polar surface area (TPSA) is 51.0 Å². The summed E-state index contributed by atoms with van der Waals surface area (Å²) in [6, 6.07) is 20.1. The van der Waals surface area contributed by atoms with Crippen LogP contribution in [0.2, 0.25) is 0 Å². The van der Waals surface area contributed by atoms with Crippen molar-refractivity contribution < 1.29 is 4.79 Å². The number of hydrogen-bond donors (Lipinski definition) is 0. The van der Waals surface area contributed by atoms with Crippen LogP contribution in [-0.4, -0.2) is 39.7 Å². The zero-order chi connectivity index (χ0) is 19.2. The van der Waals surface area contributed by atoms with Gasteiger partial charge in [0.1, 0.15) is 11.1 Å². The molecule has 0 aliphatic carbocycles. The Morgan fingerprint density at radius 3 is 2.26 bits per heavy atom. The summed E-state index contributed by atoms with van der Waals surface area (Å²) in [4.78, 5) is 14.4. The van der Waals surface area contributed by atoms with Gasteiger partial charge in [-0.1, -0.05) is 72.4 Å². The molecule has 6 heteroatoms. The summed E-state index contributed by atoms with van der Waals surface area (Å²) < 4.78 is 2.09. The highest BCUT2D eigenvalue weighted by molar-refractivity contribution is 8.00. The summed E-state index contributed by atoms with van der Waals surface area (Å²) in [6.45, 7) is 2.84. The van der Waals surface area contributed by atoms with Crippen molar-refractivity contribution in [1.82, 2.24) is 19.7 Å². The lowest BCUT2D eigenvalue weighted by atomic mass is 10.1. The van der Waals surface area contributed by atoms with Crippen molar-refractivity contribution in [2.24, 2.45) is 0 Å². The molecular formula is C21H24N4OS. The van der Waals surface area contributed by atoms with Gasteiger partial charge in [-0.25, -0.2) is 0 Å². The quantitative estimate of drug-likeness (QED) is 0.585. The molecule has 0 fully saturated rings. The van der Waals surface area contributed by atoms with E-state index in [9.17, 15) is 4.79 Å². The van der Waals surface area contributed by atoms with E-state index in [1.807, 2.05) is 48.5 Å². The van der Waals surface area contributed by atoms with Gasteiger partial charge >= 0.3 is 0 Å². The normalized spacial score (nSPS) is 12.0. The molecule has 1 aromatic heterocycles. The summed E-state index contributed by atoms with van der Waals surface area (Å²) in [5.41, 5.74) is 2.16. The van der Waals surface area contributed by atoms with Gasteiger partial charge in [-0.05, 0) is 18.1 Å². The summed E-state index contributed by atoms with van der Waals surface area (Å²) in [6.07, 6.45) is 0.722. The SMILES string of the molecule is CCn1c(Cc2ccccc2)nnc1SC(C(=O)N(C)C)c1ccccc1. The lowest BCUT2D eigenvalue weighted by Gasteiger charge is -2.20. The molecule has 0 saturated heterocycles. The largest absolute Gasteiger partial charge is 0.348 e. The zero-order valence-corrected chi connectivity index (χ0v) is 16.7. The molecule has 3 aromatic rings. The fourth-order valence-corrected chi connectivity index (χ4v) is 4.13. The van der Waals surface area contributed by atoms with E-state index in [1.54, 1.807) is 19.0 Å². The molecule has 5 nitrogen and oxygen atoms in total. The molecule has 2 aromatic carbocycles. The van der Waals surface area contributed by atoms with Crippen molar-refractivity contribution in [3.8, 4) is 0 Å². The maximum absolute atomic E-state index is 12.8. The molecule has 1 heterocycles. The Labute approximate surface area is 164 Å². The number of benzene rings is 2. The van der Waals surface area contributed by atoms with Gasteiger partial charge in [0.05, 0.1) is 0 Å². The van der Waals surface area contributed by atoms with Crippen molar-refractivity contribution >= 4 is 17.7 Å². The Morgan fingerprint density at radius 1 is 1.04 bits per heavy atom. The van der Waals surface area contributed by atoms with Gasteiger partial charge in [0.15, 0.2) is 5.16 Å². The predicted octanol–water partition coefficient (Wildman–Crippen LogP) is 3.81. The van der Waals surface area contributed by atoms with Crippen LogP contribution in [0.15, 0.2) is 65.8 Å². The van der Waals surface area contributed by atoms with E-state index in [-0.39, 0.29) is 11.2 Å². The minimum absolute atomic E-state index is 0.0430. The molecule has 0 N–H and O–H groups in total. The lowest BCUT2D eigenvalue weighted by molar-refractivity contribution is -0.128. The van der Waals surface area contributed by atoms with E-state index < -0.39 is 0 Å². The number of nitrogens with zero attached hydrogens (tertiary/aromatic N) is 4. The fraction of sp³-hybridized carbons (Fsp3) is 0.286. The third-order valence-electron chi connectivity index (χ3n) is 4.31. The standard InChI is InChI=1S/C21H24N4OS/c1-4-25-18(15-16-11-7-5-8-12-16)22-23-21(25)27-19(20(26)24(2)3)17-13-9-6-10-14-17/h5-14,19H,4,15H2,1-3H3. The van der Waals surface area contributed by atoms with Crippen LogP contribution in [0.25, 0.3) is 0 Å². The molecule has 27 heavy (non-hydrogen) atoms. The smallest absolute Gasteiger partial charge is 0.240 e. The van der Waals surface area contributed by atoms with E-state index in [0.29, 0.717) is 0 Å². The summed E-state index contributed by atoms with van der Waals surface area (Å²) in [5, 5.41) is 9.22. The van der Waals surface area contributed by atoms with Crippen molar-refractivity contribution in [2.75, 3.05) is 14.1 Å². The van der Waals surface area contributed by atoms with Crippen LogP contribution >= 0.6 is 11.8 Å².